The van der Waals surface area contributed by atoms with Crippen LogP contribution in [0.1, 0.15) is 17.7 Å². The second-order valence-corrected chi connectivity index (χ2v) is 6.74. The van der Waals surface area contributed by atoms with Crippen molar-refractivity contribution in [2.45, 2.75) is 38.1 Å². The molecule has 28 heavy (non-hydrogen) atoms. The lowest BCUT2D eigenvalue weighted by Gasteiger charge is -2.18. The molecular formula is C20H28Cl2N2O4. The van der Waals surface area contributed by atoms with Crippen LogP contribution in [0.25, 0.3) is 0 Å². The molecule has 1 saturated carbocycles. The number of nitrogens with one attached hydrogen (secondary N) is 1. The Morgan fingerprint density at radius 3 is 2.57 bits per heavy atom. The van der Waals surface area contributed by atoms with Crippen LogP contribution in [0.15, 0.2) is 42.5 Å². The Kier molecular flexibility index (Phi) is 9.99. The fourth-order valence-corrected chi connectivity index (χ4v) is 3.31. The molecule has 0 spiro atoms. The number of nitrogens with zero attached hydrogens (tertiary/aromatic N) is 1. The summed E-state index contributed by atoms with van der Waals surface area (Å²) in [6.45, 7) is 2.82. The van der Waals surface area contributed by atoms with E-state index < -0.39 is 12.2 Å². The summed E-state index contributed by atoms with van der Waals surface area (Å²) in [4.78, 5) is 4.30. The van der Waals surface area contributed by atoms with Gasteiger partial charge in [0.05, 0.1) is 25.9 Å². The van der Waals surface area contributed by atoms with Crippen LogP contribution in [0.3, 0.4) is 0 Å². The minimum absolute atomic E-state index is 0. The lowest BCUT2D eigenvalue weighted by atomic mass is 10.1. The standard InChI is InChI=1S/C20H26N2O4.2ClH/c1-13-5-3-8-18(22-13)26-12-15-10-17(20(24)19(15)23)21-11-14-6-4-7-16(9-14)25-2;;/h3-9,15,17,19-21,23-24H,10-12H2,1-2H3;2*1H/t15-,17-,19-,20+;;/m1../s1. The molecule has 0 amide bonds. The summed E-state index contributed by atoms with van der Waals surface area (Å²) in [5.41, 5.74) is 1.95. The van der Waals surface area contributed by atoms with Crippen molar-refractivity contribution in [3.63, 3.8) is 0 Å². The summed E-state index contributed by atoms with van der Waals surface area (Å²) in [6.07, 6.45) is -1.000. The molecule has 1 aromatic heterocycles. The van der Waals surface area contributed by atoms with Gasteiger partial charge in [-0.1, -0.05) is 18.2 Å². The third-order valence-electron chi connectivity index (χ3n) is 4.81. The zero-order valence-electron chi connectivity index (χ0n) is 15.9. The average Bonchev–Trinajstić information content (AvgIpc) is 2.93. The number of aliphatic hydroxyl groups excluding tert-OH is 2. The van der Waals surface area contributed by atoms with E-state index in [-0.39, 0.29) is 36.8 Å². The monoisotopic (exact) mass is 430 g/mol. The minimum Gasteiger partial charge on any atom is -0.497 e. The van der Waals surface area contributed by atoms with Crippen LogP contribution < -0.4 is 14.8 Å². The second-order valence-electron chi connectivity index (χ2n) is 6.74. The highest BCUT2D eigenvalue weighted by Crippen LogP contribution is 2.28. The molecule has 6 nitrogen and oxygen atoms in total. The van der Waals surface area contributed by atoms with Gasteiger partial charge in [-0.25, -0.2) is 4.98 Å². The van der Waals surface area contributed by atoms with Crippen molar-refractivity contribution < 1.29 is 19.7 Å². The number of hydrogen-bond donors (Lipinski definition) is 3. The van der Waals surface area contributed by atoms with Gasteiger partial charge in [0.15, 0.2) is 0 Å². The number of hydrogen-bond acceptors (Lipinski definition) is 6. The summed E-state index contributed by atoms with van der Waals surface area (Å²) in [5, 5.41) is 24.0. The van der Waals surface area contributed by atoms with Crippen LogP contribution in [-0.2, 0) is 6.54 Å². The Hall–Kier alpha value is -1.57. The van der Waals surface area contributed by atoms with Gasteiger partial charge >= 0.3 is 0 Å². The van der Waals surface area contributed by atoms with Crippen molar-refractivity contribution >= 4 is 24.8 Å². The summed E-state index contributed by atoms with van der Waals surface area (Å²) in [5.74, 6) is 1.20. The minimum atomic E-state index is -0.820. The van der Waals surface area contributed by atoms with Crippen molar-refractivity contribution in [2.24, 2.45) is 5.92 Å². The Morgan fingerprint density at radius 1 is 1.11 bits per heavy atom. The first kappa shape index (κ1) is 24.5. The van der Waals surface area contributed by atoms with Crippen molar-refractivity contribution in [3.05, 3.63) is 53.7 Å². The summed E-state index contributed by atoms with van der Waals surface area (Å²) < 4.78 is 10.9. The van der Waals surface area contributed by atoms with Gasteiger partial charge in [0, 0.05) is 30.3 Å². The quantitative estimate of drug-likeness (QED) is 0.625. The van der Waals surface area contributed by atoms with Crippen molar-refractivity contribution in [3.8, 4) is 11.6 Å². The maximum Gasteiger partial charge on any atom is 0.213 e. The normalized spacial score (nSPS) is 23.4. The molecule has 8 heteroatoms. The molecular weight excluding hydrogens is 403 g/mol. The van der Waals surface area contributed by atoms with Gasteiger partial charge in [-0.3, -0.25) is 0 Å². The largest absolute Gasteiger partial charge is 0.497 e. The predicted octanol–water partition coefficient (Wildman–Crippen LogP) is 2.52. The molecule has 1 fully saturated rings. The summed E-state index contributed by atoms with van der Waals surface area (Å²) >= 11 is 0. The number of aliphatic hydroxyl groups is 2. The fourth-order valence-electron chi connectivity index (χ4n) is 3.31. The number of rotatable bonds is 7. The van der Waals surface area contributed by atoms with Gasteiger partial charge in [-0.2, -0.15) is 0 Å². The number of aryl methyl sites for hydroxylation is 1. The first-order valence-corrected chi connectivity index (χ1v) is 8.85. The Labute approximate surface area is 178 Å². The Balaban J connectivity index is 0.00000196. The molecule has 0 bridgehead atoms. The lowest BCUT2D eigenvalue weighted by Crippen LogP contribution is -2.39. The lowest BCUT2D eigenvalue weighted by molar-refractivity contribution is 0.00171. The van der Waals surface area contributed by atoms with Gasteiger partial charge in [-0.05, 0) is 37.1 Å². The highest BCUT2D eigenvalue weighted by Gasteiger charge is 2.41. The van der Waals surface area contributed by atoms with Crippen LogP contribution in [0.2, 0.25) is 0 Å². The highest BCUT2D eigenvalue weighted by molar-refractivity contribution is 5.85. The Morgan fingerprint density at radius 2 is 1.86 bits per heavy atom. The van der Waals surface area contributed by atoms with E-state index in [0.29, 0.717) is 25.5 Å². The molecule has 0 aliphatic heterocycles. The van der Waals surface area contributed by atoms with Gasteiger partial charge in [-0.15, -0.1) is 24.8 Å². The number of benzene rings is 1. The van der Waals surface area contributed by atoms with Gasteiger partial charge in [0.2, 0.25) is 5.88 Å². The van der Waals surface area contributed by atoms with E-state index >= 15 is 0 Å². The van der Waals surface area contributed by atoms with E-state index in [1.54, 1.807) is 13.2 Å². The fraction of sp³-hybridized carbons (Fsp3) is 0.450. The molecule has 0 radical (unpaired) electrons. The van der Waals surface area contributed by atoms with Gasteiger partial charge < -0.3 is 25.0 Å². The van der Waals surface area contributed by atoms with E-state index in [2.05, 4.69) is 10.3 Å². The topological polar surface area (TPSA) is 83.8 Å². The van der Waals surface area contributed by atoms with Crippen LogP contribution in [0, 0.1) is 12.8 Å². The van der Waals surface area contributed by atoms with Crippen molar-refractivity contribution in [1.82, 2.24) is 10.3 Å². The van der Waals surface area contributed by atoms with E-state index in [1.807, 2.05) is 43.3 Å². The zero-order valence-corrected chi connectivity index (χ0v) is 17.6. The van der Waals surface area contributed by atoms with E-state index in [9.17, 15) is 10.2 Å². The van der Waals surface area contributed by atoms with E-state index in [4.69, 9.17) is 9.47 Å². The molecule has 4 atom stereocenters. The molecule has 156 valence electrons. The van der Waals surface area contributed by atoms with Crippen LogP contribution in [0.4, 0.5) is 0 Å². The number of methoxy groups -OCH3 is 1. The SMILES string of the molecule is COc1cccc(CN[C@@H]2C[C@H](COc3cccc(C)n3)[C@@H](O)[C@H]2O)c1.Cl.Cl. The predicted molar refractivity (Wildman–Crippen MR) is 113 cm³/mol. The summed E-state index contributed by atoms with van der Waals surface area (Å²) in [6, 6.07) is 13.2. The smallest absolute Gasteiger partial charge is 0.213 e. The molecule has 0 saturated heterocycles. The molecule has 1 aromatic carbocycles. The van der Waals surface area contributed by atoms with Crippen molar-refractivity contribution in [1.29, 1.82) is 0 Å². The average molecular weight is 431 g/mol. The molecule has 3 rings (SSSR count). The molecule has 2 aromatic rings. The molecule has 1 aliphatic rings. The Bertz CT molecular complexity index is 735. The number of aromatic nitrogens is 1. The summed E-state index contributed by atoms with van der Waals surface area (Å²) in [7, 11) is 1.64. The maximum absolute atomic E-state index is 10.3. The van der Waals surface area contributed by atoms with E-state index in [1.165, 1.54) is 0 Å². The number of pyridine rings is 1. The third-order valence-corrected chi connectivity index (χ3v) is 4.81. The van der Waals surface area contributed by atoms with Crippen LogP contribution in [0.5, 0.6) is 11.6 Å². The first-order valence-electron chi connectivity index (χ1n) is 8.85. The molecule has 0 unspecified atom stereocenters. The van der Waals surface area contributed by atoms with Crippen molar-refractivity contribution in [2.75, 3.05) is 13.7 Å². The second kappa shape index (κ2) is 11.4. The number of halogens is 2. The molecule has 1 aliphatic carbocycles. The highest BCUT2D eigenvalue weighted by atomic mass is 35.5. The molecule has 3 N–H and O–H groups in total. The third kappa shape index (κ3) is 6.22. The zero-order chi connectivity index (χ0) is 18.5. The van der Waals surface area contributed by atoms with Crippen LogP contribution >= 0.6 is 24.8 Å². The van der Waals surface area contributed by atoms with Gasteiger partial charge in [0.1, 0.15) is 5.75 Å². The number of ether oxygens (including phenoxy) is 2. The van der Waals surface area contributed by atoms with Gasteiger partial charge in [0.25, 0.3) is 0 Å². The molecule has 1 heterocycles. The van der Waals surface area contributed by atoms with Crippen LogP contribution in [-0.4, -0.2) is 47.2 Å². The van der Waals surface area contributed by atoms with E-state index in [0.717, 1.165) is 17.0 Å². The first-order chi connectivity index (χ1) is 12.6. The maximum atomic E-state index is 10.3.